The summed E-state index contributed by atoms with van der Waals surface area (Å²) in [5, 5.41) is 12.5. The number of carbonyl (C=O) groups excluding carboxylic acids is 2. The van der Waals surface area contributed by atoms with Gasteiger partial charge in [-0.05, 0) is 55.1 Å². The molecule has 1 unspecified atom stereocenters. The number of aliphatic hydroxyl groups is 1. The number of piperidine rings is 1. The smallest absolute Gasteiger partial charge is 0.290 e. The maximum atomic E-state index is 13.2. The zero-order chi connectivity index (χ0) is 21.1. The van der Waals surface area contributed by atoms with Gasteiger partial charge in [0.05, 0.1) is 23.6 Å². The molecule has 2 aromatic rings. The van der Waals surface area contributed by atoms with Crippen molar-refractivity contribution >= 4 is 23.0 Å². The maximum Gasteiger partial charge on any atom is 0.290 e. The van der Waals surface area contributed by atoms with Gasteiger partial charge >= 0.3 is 0 Å². The minimum Gasteiger partial charge on any atom is -0.503 e. The molecule has 3 heterocycles. The molecular formula is C23H26N2O4S. The highest BCUT2D eigenvalue weighted by molar-refractivity contribution is 7.12. The molecular weight excluding hydrogens is 400 g/mol. The summed E-state index contributed by atoms with van der Waals surface area (Å²) >= 11 is 1.31. The minimum absolute atomic E-state index is 0.148. The first-order valence-electron chi connectivity index (χ1n) is 10.3. The summed E-state index contributed by atoms with van der Waals surface area (Å²) < 4.78 is 5.35. The van der Waals surface area contributed by atoms with Gasteiger partial charge in [0, 0.05) is 13.1 Å². The van der Waals surface area contributed by atoms with Crippen molar-refractivity contribution in [2.24, 2.45) is 0 Å². The molecule has 2 aliphatic rings. The van der Waals surface area contributed by atoms with E-state index in [0.717, 1.165) is 25.2 Å². The molecule has 0 radical (unpaired) electrons. The summed E-state index contributed by atoms with van der Waals surface area (Å²) in [6.07, 6.45) is 3.57. The van der Waals surface area contributed by atoms with E-state index in [1.165, 1.54) is 30.6 Å². The minimum atomic E-state index is -0.632. The van der Waals surface area contributed by atoms with Gasteiger partial charge in [0.25, 0.3) is 5.91 Å². The summed E-state index contributed by atoms with van der Waals surface area (Å²) in [7, 11) is 1.58. The van der Waals surface area contributed by atoms with Gasteiger partial charge in [0.2, 0.25) is 5.78 Å². The van der Waals surface area contributed by atoms with E-state index in [-0.39, 0.29) is 11.4 Å². The highest BCUT2D eigenvalue weighted by atomic mass is 32.1. The second kappa shape index (κ2) is 9.02. The van der Waals surface area contributed by atoms with Crippen LogP contribution in [-0.4, -0.2) is 59.9 Å². The Morgan fingerprint density at radius 3 is 2.67 bits per heavy atom. The molecule has 0 bridgehead atoms. The Hall–Kier alpha value is -2.64. The second-order valence-corrected chi connectivity index (χ2v) is 8.60. The number of hydrogen-bond donors (Lipinski definition) is 1. The number of ether oxygens (including phenoxy) is 1. The van der Waals surface area contributed by atoms with E-state index in [1.807, 2.05) is 29.6 Å². The number of carbonyl (C=O) groups is 2. The molecule has 4 rings (SSSR count). The van der Waals surface area contributed by atoms with Crippen molar-refractivity contribution in [1.82, 2.24) is 9.80 Å². The number of ketones is 1. The maximum absolute atomic E-state index is 13.2. The number of methoxy groups -OCH3 is 1. The van der Waals surface area contributed by atoms with Gasteiger partial charge in [-0.1, -0.05) is 24.6 Å². The van der Waals surface area contributed by atoms with Gasteiger partial charge in [-0.15, -0.1) is 11.3 Å². The van der Waals surface area contributed by atoms with E-state index < -0.39 is 17.7 Å². The predicted molar refractivity (Wildman–Crippen MR) is 116 cm³/mol. The summed E-state index contributed by atoms with van der Waals surface area (Å²) in [4.78, 5) is 30.7. The third-order valence-corrected chi connectivity index (χ3v) is 6.68. The van der Waals surface area contributed by atoms with Crippen molar-refractivity contribution in [1.29, 1.82) is 0 Å². The van der Waals surface area contributed by atoms with Crippen molar-refractivity contribution in [3.8, 4) is 5.75 Å². The molecule has 158 valence electrons. The van der Waals surface area contributed by atoms with E-state index in [1.54, 1.807) is 24.1 Å². The van der Waals surface area contributed by atoms with Crippen molar-refractivity contribution < 1.29 is 19.4 Å². The van der Waals surface area contributed by atoms with Crippen LogP contribution in [0.25, 0.3) is 0 Å². The summed E-state index contributed by atoms with van der Waals surface area (Å²) in [5.74, 6) is -0.589. The topological polar surface area (TPSA) is 70.1 Å². The Morgan fingerprint density at radius 2 is 1.97 bits per heavy atom. The Bertz CT molecular complexity index is 948. The molecule has 1 fully saturated rings. The zero-order valence-electron chi connectivity index (χ0n) is 17.0. The fourth-order valence-corrected chi connectivity index (χ4v) is 4.92. The number of thiophene rings is 1. The average Bonchev–Trinajstić information content (AvgIpc) is 3.40. The summed E-state index contributed by atoms with van der Waals surface area (Å²) in [5.41, 5.74) is 0.902. The van der Waals surface area contributed by atoms with Crippen molar-refractivity contribution in [3.63, 3.8) is 0 Å². The lowest BCUT2D eigenvalue weighted by Crippen LogP contribution is -2.40. The number of aliphatic hydroxyl groups excluding tert-OH is 1. The van der Waals surface area contributed by atoms with Gasteiger partial charge < -0.3 is 19.6 Å². The predicted octanol–water partition coefficient (Wildman–Crippen LogP) is 3.82. The van der Waals surface area contributed by atoms with Crippen LogP contribution in [0.2, 0.25) is 0 Å². The Morgan fingerprint density at radius 1 is 1.17 bits per heavy atom. The van der Waals surface area contributed by atoms with Crippen molar-refractivity contribution in [2.75, 3.05) is 33.3 Å². The second-order valence-electron chi connectivity index (χ2n) is 7.65. The molecule has 7 heteroatoms. The third kappa shape index (κ3) is 4.00. The number of amides is 1. The average molecular weight is 427 g/mol. The monoisotopic (exact) mass is 426 g/mol. The fraction of sp³-hybridized carbons (Fsp3) is 0.391. The first kappa shape index (κ1) is 20.6. The van der Waals surface area contributed by atoms with Gasteiger partial charge in [0.15, 0.2) is 5.76 Å². The molecule has 1 N–H and O–H groups in total. The van der Waals surface area contributed by atoms with Crippen LogP contribution in [0.5, 0.6) is 5.75 Å². The molecule has 0 aliphatic carbocycles. The van der Waals surface area contributed by atoms with Gasteiger partial charge in [-0.3, -0.25) is 9.59 Å². The van der Waals surface area contributed by atoms with Crippen LogP contribution in [0.15, 0.2) is 53.1 Å². The molecule has 0 saturated carbocycles. The number of rotatable bonds is 7. The number of nitrogens with zero attached hydrogens (tertiary/aromatic N) is 2. The number of Topliss-reactive ketones (excluding diaryl/α,β-unsaturated/α-hetero) is 1. The highest BCUT2D eigenvalue weighted by Crippen LogP contribution is 2.40. The fourth-order valence-electron chi connectivity index (χ4n) is 4.25. The van der Waals surface area contributed by atoms with E-state index in [0.29, 0.717) is 17.2 Å². The number of hydrogen-bond acceptors (Lipinski definition) is 6. The summed E-state index contributed by atoms with van der Waals surface area (Å²) in [6, 6.07) is 10.2. The van der Waals surface area contributed by atoms with E-state index >= 15 is 0 Å². The Balaban J connectivity index is 1.68. The Labute approximate surface area is 180 Å². The first-order valence-corrected chi connectivity index (χ1v) is 11.2. The van der Waals surface area contributed by atoms with Crippen molar-refractivity contribution in [2.45, 2.75) is 25.3 Å². The molecule has 6 nitrogen and oxygen atoms in total. The molecule has 1 saturated heterocycles. The molecule has 1 amide bonds. The van der Waals surface area contributed by atoms with Crippen molar-refractivity contribution in [3.05, 3.63) is 63.6 Å². The number of benzene rings is 1. The van der Waals surface area contributed by atoms with Crippen LogP contribution in [-0.2, 0) is 4.79 Å². The van der Waals surface area contributed by atoms with Gasteiger partial charge in [0.1, 0.15) is 5.75 Å². The van der Waals surface area contributed by atoms with Crippen LogP contribution in [0, 0.1) is 0 Å². The molecule has 1 aromatic heterocycles. The molecule has 1 atom stereocenters. The summed E-state index contributed by atoms with van der Waals surface area (Å²) in [6.45, 7) is 3.21. The molecule has 30 heavy (non-hydrogen) atoms. The molecule has 2 aliphatic heterocycles. The van der Waals surface area contributed by atoms with Gasteiger partial charge in [-0.25, -0.2) is 0 Å². The van der Waals surface area contributed by atoms with E-state index in [9.17, 15) is 14.7 Å². The number of likely N-dealkylation sites (tertiary alicyclic amines) is 1. The van der Waals surface area contributed by atoms with Gasteiger partial charge in [-0.2, -0.15) is 0 Å². The van der Waals surface area contributed by atoms with Crippen LogP contribution in [0.4, 0.5) is 0 Å². The molecule has 0 spiro atoms. The van der Waals surface area contributed by atoms with E-state index in [2.05, 4.69) is 4.90 Å². The lowest BCUT2D eigenvalue weighted by Gasteiger charge is -2.31. The van der Waals surface area contributed by atoms with E-state index in [4.69, 9.17) is 4.74 Å². The molecule has 1 aromatic carbocycles. The SMILES string of the molecule is COc1cccc(C2C(C(=O)c3cccs3)=C(O)C(=O)N2CCN2CCCCC2)c1. The highest BCUT2D eigenvalue weighted by Gasteiger charge is 2.44. The normalized spacial score (nSPS) is 20.1. The first-order chi connectivity index (χ1) is 14.6. The standard InChI is InChI=1S/C23H26N2O4S/c1-29-17-8-5-7-16(15-17)20-19(21(26)18-9-6-14-30-18)22(27)23(28)25(20)13-12-24-10-3-2-4-11-24/h5-9,14-15,20,27H,2-4,10-13H2,1H3. The van der Waals surface area contributed by atoms with Crippen LogP contribution in [0.3, 0.4) is 0 Å². The van der Waals surface area contributed by atoms with Crippen LogP contribution < -0.4 is 4.74 Å². The lowest BCUT2D eigenvalue weighted by atomic mass is 9.95. The van der Waals surface area contributed by atoms with Crippen LogP contribution in [0.1, 0.15) is 40.5 Å². The Kier molecular flexibility index (Phi) is 6.20. The largest absolute Gasteiger partial charge is 0.503 e. The third-order valence-electron chi connectivity index (χ3n) is 5.81. The zero-order valence-corrected chi connectivity index (χ0v) is 17.9. The van der Waals surface area contributed by atoms with Crippen LogP contribution >= 0.6 is 11.3 Å². The quantitative estimate of drug-likeness (QED) is 0.682. The lowest BCUT2D eigenvalue weighted by molar-refractivity contribution is -0.129.